The van der Waals surface area contributed by atoms with Gasteiger partial charge in [0.15, 0.2) is 0 Å². The minimum absolute atomic E-state index is 0.992. The quantitative estimate of drug-likeness (QED) is 0.615. The third-order valence-corrected chi connectivity index (χ3v) is 3.29. The Morgan fingerprint density at radius 1 is 0.941 bits per heavy atom. The second-order valence-corrected chi connectivity index (χ2v) is 4.50. The third kappa shape index (κ3) is 1.72. The van der Waals surface area contributed by atoms with Crippen LogP contribution in [0, 0.1) is 0 Å². The van der Waals surface area contributed by atoms with Gasteiger partial charge in [-0.2, -0.15) is 0 Å². The van der Waals surface area contributed by atoms with E-state index in [1.165, 1.54) is 29.2 Å². The lowest BCUT2D eigenvalue weighted by atomic mass is 10.0. The molecule has 86 valence electrons. The van der Waals surface area contributed by atoms with Crippen molar-refractivity contribution >= 4 is 21.9 Å². The topological polar surface area (TPSA) is 13.1 Å². The standard InChI is InChI=1S/C16H16O/c1-2-3-7-12-8-6-10-14-13-9-4-5-11-15(13)17-16(12)14/h4-6,8-11H,2-3,7H2,1H3. The van der Waals surface area contributed by atoms with E-state index < -0.39 is 0 Å². The van der Waals surface area contributed by atoms with E-state index in [9.17, 15) is 0 Å². The Kier molecular flexibility index (Phi) is 2.60. The number of para-hydroxylation sites is 2. The first kappa shape index (κ1) is 10.4. The summed E-state index contributed by atoms with van der Waals surface area (Å²) >= 11 is 0. The van der Waals surface area contributed by atoms with Gasteiger partial charge in [0.2, 0.25) is 0 Å². The van der Waals surface area contributed by atoms with Crippen LogP contribution < -0.4 is 0 Å². The molecule has 0 N–H and O–H groups in total. The van der Waals surface area contributed by atoms with Gasteiger partial charge in [0.05, 0.1) is 0 Å². The van der Waals surface area contributed by atoms with Crippen molar-refractivity contribution in [3.05, 3.63) is 48.0 Å². The number of rotatable bonds is 3. The first-order chi connectivity index (χ1) is 8.40. The Labute approximate surface area is 101 Å². The number of unbranched alkanes of at least 4 members (excludes halogenated alkanes) is 1. The number of fused-ring (bicyclic) bond motifs is 3. The van der Waals surface area contributed by atoms with Gasteiger partial charge in [-0.05, 0) is 24.5 Å². The van der Waals surface area contributed by atoms with Crippen molar-refractivity contribution in [1.82, 2.24) is 0 Å². The van der Waals surface area contributed by atoms with E-state index in [2.05, 4.69) is 37.3 Å². The maximum atomic E-state index is 5.98. The fraction of sp³-hybridized carbons (Fsp3) is 0.250. The van der Waals surface area contributed by atoms with Gasteiger partial charge >= 0.3 is 0 Å². The zero-order valence-corrected chi connectivity index (χ0v) is 10.1. The Hall–Kier alpha value is -1.76. The molecule has 1 aromatic heterocycles. The molecule has 0 radical (unpaired) electrons. The molecule has 0 aliphatic carbocycles. The van der Waals surface area contributed by atoms with Crippen LogP contribution in [0.2, 0.25) is 0 Å². The predicted octanol–water partition coefficient (Wildman–Crippen LogP) is 4.93. The second-order valence-electron chi connectivity index (χ2n) is 4.50. The molecule has 1 nitrogen and oxygen atoms in total. The third-order valence-electron chi connectivity index (χ3n) is 3.29. The maximum Gasteiger partial charge on any atom is 0.138 e. The summed E-state index contributed by atoms with van der Waals surface area (Å²) in [5, 5.41) is 2.47. The van der Waals surface area contributed by atoms with E-state index in [-0.39, 0.29) is 0 Å². The summed E-state index contributed by atoms with van der Waals surface area (Å²) in [5.41, 5.74) is 3.40. The first-order valence-electron chi connectivity index (χ1n) is 6.29. The van der Waals surface area contributed by atoms with Crippen molar-refractivity contribution in [3.8, 4) is 0 Å². The van der Waals surface area contributed by atoms with Crippen molar-refractivity contribution in [2.45, 2.75) is 26.2 Å². The zero-order valence-electron chi connectivity index (χ0n) is 10.1. The number of benzene rings is 2. The van der Waals surface area contributed by atoms with Crippen LogP contribution >= 0.6 is 0 Å². The Morgan fingerprint density at radius 2 is 1.76 bits per heavy atom. The molecule has 0 unspecified atom stereocenters. The number of hydrogen-bond acceptors (Lipinski definition) is 1. The van der Waals surface area contributed by atoms with E-state index in [0.717, 1.165) is 17.6 Å². The maximum absolute atomic E-state index is 5.98. The molecule has 1 heteroatoms. The molecule has 0 aliphatic heterocycles. The first-order valence-corrected chi connectivity index (χ1v) is 6.29. The molecule has 0 saturated carbocycles. The number of hydrogen-bond donors (Lipinski definition) is 0. The van der Waals surface area contributed by atoms with Crippen LogP contribution in [0.1, 0.15) is 25.3 Å². The van der Waals surface area contributed by atoms with Crippen LogP contribution in [0.4, 0.5) is 0 Å². The average Bonchev–Trinajstić information content (AvgIpc) is 2.75. The Bertz CT molecular complexity index is 649. The van der Waals surface area contributed by atoms with Gasteiger partial charge in [0, 0.05) is 10.8 Å². The lowest BCUT2D eigenvalue weighted by molar-refractivity contribution is 0.658. The summed E-state index contributed by atoms with van der Waals surface area (Å²) in [7, 11) is 0. The van der Waals surface area contributed by atoms with Crippen LogP contribution in [0.15, 0.2) is 46.9 Å². The van der Waals surface area contributed by atoms with E-state index in [1.807, 2.05) is 12.1 Å². The van der Waals surface area contributed by atoms with Crippen LogP contribution in [-0.2, 0) is 6.42 Å². The van der Waals surface area contributed by atoms with E-state index in [4.69, 9.17) is 4.42 Å². The SMILES string of the molecule is CCCCc1cccc2c1oc1ccccc12. The monoisotopic (exact) mass is 224 g/mol. The van der Waals surface area contributed by atoms with Crippen molar-refractivity contribution in [3.63, 3.8) is 0 Å². The van der Waals surface area contributed by atoms with Gasteiger partial charge in [0.1, 0.15) is 11.2 Å². The highest BCUT2D eigenvalue weighted by atomic mass is 16.3. The van der Waals surface area contributed by atoms with Crippen LogP contribution in [0.3, 0.4) is 0 Å². The summed E-state index contributed by atoms with van der Waals surface area (Å²) in [4.78, 5) is 0. The van der Waals surface area contributed by atoms with Crippen molar-refractivity contribution < 1.29 is 4.42 Å². The molecule has 0 saturated heterocycles. The van der Waals surface area contributed by atoms with Gasteiger partial charge in [-0.3, -0.25) is 0 Å². The molecule has 0 spiro atoms. The molecule has 0 fully saturated rings. The highest BCUT2D eigenvalue weighted by Crippen LogP contribution is 2.31. The normalized spacial score (nSPS) is 11.4. The zero-order chi connectivity index (χ0) is 11.7. The van der Waals surface area contributed by atoms with E-state index in [1.54, 1.807) is 0 Å². The fourth-order valence-corrected chi connectivity index (χ4v) is 2.37. The molecule has 0 aliphatic rings. The minimum Gasteiger partial charge on any atom is -0.456 e. The summed E-state index contributed by atoms with van der Waals surface area (Å²) in [5.74, 6) is 0. The van der Waals surface area contributed by atoms with Gasteiger partial charge in [-0.25, -0.2) is 0 Å². The summed E-state index contributed by atoms with van der Waals surface area (Å²) in [6.45, 7) is 2.22. The molecule has 1 heterocycles. The fourth-order valence-electron chi connectivity index (χ4n) is 2.37. The largest absolute Gasteiger partial charge is 0.456 e. The second kappa shape index (κ2) is 4.25. The van der Waals surface area contributed by atoms with Crippen molar-refractivity contribution in [2.75, 3.05) is 0 Å². The smallest absolute Gasteiger partial charge is 0.138 e. The summed E-state index contributed by atoms with van der Waals surface area (Å²) < 4.78 is 5.98. The van der Waals surface area contributed by atoms with Gasteiger partial charge in [-0.15, -0.1) is 0 Å². The number of furan rings is 1. The predicted molar refractivity (Wildman–Crippen MR) is 72.3 cm³/mol. The molecule has 0 amide bonds. The molecule has 17 heavy (non-hydrogen) atoms. The molecular formula is C16H16O. The molecule has 3 rings (SSSR count). The molecule has 3 aromatic rings. The van der Waals surface area contributed by atoms with Gasteiger partial charge < -0.3 is 4.42 Å². The highest BCUT2D eigenvalue weighted by Gasteiger charge is 2.09. The summed E-state index contributed by atoms with van der Waals surface area (Å²) in [6.07, 6.45) is 3.54. The van der Waals surface area contributed by atoms with Crippen LogP contribution in [0.5, 0.6) is 0 Å². The Balaban J connectivity index is 2.24. The molecule has 0 atom stereocenters. The van der Waals surface area contributed by atoms with Crippen LogP contribution in [0.25, 0.3) is 21.9 Å². The van der Waals surface area contributed by atoms with E-state index >= 15 is 0 Å². The molecular weight excluding hydrogens is 208 g/mol. The lowest BCUT2D eigenvalue weighted by Crippen LogP contribution is -1.84. The minimum atomic E-state index is 0.992. The van der Waals surface area contributed by atoms with E-state index in [0.29, 0.717) is 0 Å². The number of aryl methyl sites for hydroxylation is 1. The van der Waals surface area contributed by atoms with Crippen molar-refractivity contribution in [1.29, 1.82) is 0 Å². The summed E-state index contributed by atoms with van der Waals surface area (Å²) in [6, 6.07) is 14.7. The Morgan fingerprint density at radius 3 is 2.65 bits per heavy atom. The highest BCUT2D eigenvalue weighted by molar-refractivity contribution is 6.05. The molecule has 2 aromatic carbocycles. The average molecular weight is 224 g/mol. The van der Waals surface area contributed by atoms with Gasteiger partial charge in [0.25, 0.3) is 0 Å². The lowest BCUT2D eigenvalue weighted by Gasteiger charge is -2.00. The van der Waals surface area contributed by atoms with Crippen LogP contribution in [-0.4, -0.2) is 0 Å². The van der Waals surface area contributed by atoms with Crippen molar-refractivity contribution in [2.24, 2.45) is 0 Å². The molecule has 0 bridgehead atoms. The van der Waals surface area contributed by atoms with Gasteiger partial charge in [-0.1, -0.05) is 49.7 Å².